The smallest absolute Gasteiger partial charge is 0.338 e. The number of benzene rings is 1. The number of nitrogens with zero attached hydrogens (tertiary/aromatic N) is 1. The number of hydrogen-bond acceptors (Lipinski definition) is 4. The Morgan fingerprint density at radius 1 is 1.37 bits per heavy atom. The molecule has 1 saturated carbocycles. The summed E-state index contributed by atoms with van der Waals surface area (Å²) in [6.45, 7) is 2.06. The third-order valence-electron chi connectivity index (χ3n) is 3.05. The molecule has 0 radical (unpaired) electrons. The maximum atomic E-state index is 11.8. The summed E-state index contributed by atoms with van der Waals surface area (Å²) in [6.07, 6.45) is 1.21. The average molecular weight is 258 g/mol. The summed E-state index contributed by atoms with van der Waals surface area (Å²) in [7, 11) is 0. The first kappa shape index (κ1) is 13.1. The zero-order chi connectivity index (χ0) is 13.9. The van der Waals surface area contributed by atoms with E-state index in [0.717, 1.165) is 0 Å². The van der Waals surface area contributed by atoms with E-state index in [1.165, 1.54) is 0 Å². The molecular weight excluding hydrogens is 244 g/mol. The summed E-state index contributed by atoms with van der Waals surface area (Å²) >= 11 is 0. The predicted octanol–water partition coefficient (Wildman–Crippen LogP) is 2.11. The molecule has 0 unspecified atom stereocenters. The minimum absolute atomic E-state index is 0.279. The monoisotopic (exact) mass is 258 g/mol. The Labute approximate surface area is 111 Å². The second-order valence-corrected chi connectivity index (χ2v) is 4.45. The van der Waals surface area contributed by atoms with E-state index in [0.29, 0.717) is 30.7 Å². The zero-order valence-corrected chi connectivity index (χ0v) is 10.6. The van der Waals surface area contributed by atoms with E-state index >= 15 is 0 Å². The first-order chi connectivity index (χ1) is 9.11. The van der Waals surface area contributed by atoms with Crippen LogP contribution >= 0.6 is 0 Å². The third kappa shape index (κ3) is 2.74. The Kier molecular flexibility index (Phi) is 3.52. The Morgan fingerprint density at radius 2 is 2.00 bits per heavy atom. The second-order valence-electron chi connectivity index (χ2n) is 4.45. The molecule has 98 valence electrons. The minimum Gasteiger partial charge on any atom is -0.462 e. The minimum atomic E-state index is -0.847. The lowest BCUT2D eigenvalue weighted by Gasteiger charge is -2.08. The van der Waals surface area contributed by atoms with Gasteiger partial charge in [0.15, 0.2) is 0 Å². The maximum Gasteiger partial charge on any atom is 0.338 e. The van der Waals surface area contributed by atoms with Gasteiger partial charge in [-0.1, -0.05) is 0 Å². The van der Waals surface area contributed by atoms with Crippen molar-refractivity contribution in [3.63, 3.8) is 0 Å². The van der Waals surface area contributed by atoms with Crippen LogP contribution < -0.4 is 5.32 Å². The maximum absolute atomic E-state index is 11.8. The second kappa shape index (κ2) is 5.11. The van der Waals surface area contributed by atoms with Crippen LogP contribution in [0.4, 0.5) is 5.69 Å². The van der Waals surface area contributed by atoms with E-state index < -0.39 is 11.4 Å². The molecule has 1 N–H and O–H groups in total. The number of nitriles is 1. The van der Waals surface area contributed by atoms with E-state index in [1.54, 1.807) is 31.2 Å². The SMILES string of the molecule is CCOC(=O)c1ccc(NC(=O)C2(C#N)CC2)cc1. The van der Waals surface area contributed by atoms with Gasteiger partial charge in [-0.25, -0.2) is 4.79 Å². The van der Waals surface area contributed by atoms with Gasteiger partial charge in [0.25, 0.3) is 0 Å². The van der Waals surface area contributed by atoms with Crippen molar-refractivity contribution >= 4 is 17.6 Å². The molecule has 0 aromatic heterocycles. The molecule has 0 atom stereocenters. The Morgan fingerprint density at radius 3 is 2.47 bits per heavy atom. The van der Waals surface area contributed by atoms with Crippen LogP contribution in [0, 0.1) is 16.7 Å². The summed E-state index contributed by atoms with van der Waals surface area (Å²) in [5, 5.41) is 11.6. The topological polar surface area (TPSA) is 79.2 Å². The van der Waals surface area contributed by atoms with Crippen molar-refractivity contribution in [2.24, 2.45) is 5.41 Å². The summed E-state index contributed by atoms with van der Waals surface area (Å²) in [6, 6.07) is 8.44. The fourth-order valence-electron chi connectivity index (χ4n) is 1.67. The molecule has 19 heavy (non-hydrogen) atoms. The van der Waals surface area contributed by atoms with Crippen molar-refractivity contribution in [3.05, 3.63) is 29.8 Å². The number of carbonyl (C=O) groups is 2. The van der Waals surface area contributed by atoms with Crippen molar-refractivity contribution in [2.45, 2.75) is 19.8 Å². The molecule has 5 nitrogen and oxygen atoms in total. The molecule has 1 aromatic carbocycles. The first-order valence-electron chi connectivity index (χ1n) is 6.11. The molecule has 0 heterocycles. The van der Waals surface area contributed by atoms with Crippen LogP contribution in [0.2, 0.25) is 0 Å². The first-order valence-corrected chi connectivity index (χ1v) is 6.11. The standard InChI is InChI=1S/C14H14N2O3/c1-2-19-12(17)10-3-5-11(6-4-10)16-13(18)14(9-15)7-8-14/h3-6H,2,7-8H2,1H3,(H,16,18). The lowest BCUT2D eigenvalue weighted by Crippen LogP contribution is -2.22. The van der Waals surface area contributed by atoms with Gasteiger partial charge >= 0.3 is 5.97 Å². The van der Waals surface area contributed by atoms with Crippen LogP contribution in [0.5, 0.6) is 0 Å². The Hall–Kier alpha value is -2.35. The molecule has 2 rings (SSSR count). The molecular formula is C14H14N2O3. The number of nitrogens with one attached hydrogen (secondary N) is 1. The number of carbonyl (C=O) groups excluding carboxylic acids is 2. The van der Waals surface area contributed by atoms with Crippen LogP contribution in [0.3, 0.4) is 0 Å². The van der Waals surface area contributed by atoms with Crippen molar-refractivity contribution in [2.75, 3.05) is 11.9 Å². The molecule has 1 aliphatic carbocycles. The van der Waals surface area contributed by atoms with Crippen molar-refractivity contribution in [1.29, 1.82) is 5.26 Å². The average Bonchev–Trinajstić information content (AvgIpc) is 3.21. The summed E-state index contributed by atoms with van der Waals surface area (Å²) in [5.74, 6) is -0.671. The normalized spacial score (nSPS) is 15.2. The van der Waals surface area contributed by atoms with Gasteiger partial charge in [-0.2, -0.15) is 5.26 Å². The summed E-state index contributed by atoms with van der Waals surface area (Å²) in [4.78, 5) is 23.3. The highest BCUT2D eigenvalue weighted by molar-refractivity contribution is 5.99. The highest BCUT2D eigenvalue weighted by atomic mass is 16.5. The zero-order valence-electron chi connectivity index (χ0n) is 10.6. The third-order valence-corrected chi connectivity index (χ3v) is 3.05. The number of amides is 1. The predicted molar refractivity (Wildman–Crippen MR) is 68.3 cm³/mol. The molecule has 1 amide bonds. The number of anilines is 1. The molecule has 1 aliphatic rings. The highest BCUT2D eigenvalue weighted by Gasteiger charge is 2.50. The van der Waals surface area contributed by atoms with Gasteiger partial charge in [0, 0.05) is 5.69 Å². The summed E-state index contributed by atoms with van der Waals surface area (Å²) in [5.41, 5.74) is 0.153. The molecule has 0 aliphatic heterocycles. The van der Waals surface area contributed by atoms with E-state index in [4.69, 9.17) is 10.00 Å². The van der Waals surface area contributed by atoms with Crippen molar-refractivity contribution < 1.29 is 14.3 Å². The largest absolute Gasteiger partial charge is 0.462 e. The van der Waals surface area contributed by atoms with Crippen LogP contribution in [0.25, 0.3) is 0 Å². The molecule has 1 aromatic rings. The molecule has 0 spiro atoms. The van der Waals surface area contributed by atoms with E-state index in [2.05, 4.69) is 5.32 Å². The quantitative estimate of drug-likeness (QED) is 0.839. The number of hydrogen-bond donors (Lipinski definition) is 1. The van der Waals surface area contributed by atoms with Crippen molar-refractivity contribution in [3.8, 4) is 6.07 Å². The fourth-order valence-corrected chi connectivity index (χ4v) is 1.67. The van der Waals surface area contributed by atoms with Gasteiger partial charge in [-0.3, -0.25) is 4.79 Å². The Bertz CT molecular complexity index is 539. The summed E-state index contributed by atoms with van der Waals surface area (Å²) < 4.78 is 4.86. The fraction of sp³-hybridized carbons (Fsp3) is 0.357. The highest BCUT2D eigenvalue weighted by Crippen LogP contribution is 2.45. The molecule has 0 saturated heterocycles. The lowest BCUT2D eigenvalue weighted by molar-refractivity contribution is -0.119. The van der Waals surface area contributed by atoms with Gasteiger partial charge in [-0.15, -0.1) is 0 Å². The molecule has 5 heteroatoms. The van der Waals surface area contributed by atoms with Crippen LogP contribution in [-0.2, 0) is 9.53 Å². The van der Waals surface area contributed by atoms with Crippen LogP contribution in [0.15, 0.2) is 24.3 Å². The van der Waals surface area contributed by atoms with Gasteiger partial charge < -0.3 is 10.1 Å². The number of esters is 1. The lowest BCUT2D eigenvalue weighted by atomic mass is 10.1. The van der Waals surface area contributed by atoms with E-state index in [-0.39, 0.29) is 5.91 Å². The molecule has 0 bridgehead atoms. The van der Waals surface area contributed by atoms with Gasteiger partial charge in [-0.05, 0) is 44.0 Å². The van der Waals surface area contributed by atoms with Gasteiger partial charge in [0.05, 0.1) is 18.2 Å². The molecule has 1 fully saturated rings. The van der Waals surface area contributed by atoms with Gasteiger partial charge in [0.1, 0.15) is 5.41 Å². The number of rotatable bonds is 4. The van der Waals surface area contributed by atoms with Gasteiger partial charge in [0.2, 0.25) is 5.91 Å². The van der Waals surface area contributed by atoms with E-state index in [1.807, 2.05) is 6.07 Å². The van der Waals surface area contributed by atoms with E-state index in [9.17, 15) is 9.59 Å². The van der Waals surface area contributed by atoms with Crippen LogP contribution in [0.1, 0.15) is 30.1 Å². The number of ether oxygens (including phenoxy) is 1. The van der Waals surface area contributed by atoms with Crippen LogP contribution in [-0.4, -0.2) is 18.5 Å². The Balaban J connectivity index is 2.02. The van der Waals surface area contributed by atoms with Crippen molar-refractivity contribution in [1.82, 2.24) is 0 Å².